The Kier molecular flexibility index (Phi) is 5.26. The van der Waals surface area contributed by atoms with E-state index >= 15 is 0 Å². The zero-order valence-corrected chi connectivity index (χ0v) is 12.7. The van der Waals surface area contributed by atoms with Gasteiger partial charge in [-0.3, -0.25) is 10.00 Å². The van der Waals surface area contributed by atoms with E-state index in [9.17, 15) is 8.42 Å². The van der Waals surface area contributed by atoms with Crippen molar-refractivity contribution in [1.29, 1.82) is 0 Å². The highest BCUT2D eigenvalue weighted by Gasteiger charge is 2.29. The van der Waals surface area contributed by atoms with E-state index in [1.165, 1.54) is 16.6 Å². The van der Waals surface area contributed by atoms with Gasteiger partial charge in [-0.2, -0.15) is 21.2 Å². The summed E-state index contributed by atoms with van der Waals surface area (Å²) in [6.07, 6.45) is 1.46. The van der Waals surface area contributed by atoms with Gasteiger partial charge in [-0.25, -0.2) is 8.42 Å². The van der Waals surface area contributed by atoms with E-state index in [2.05, 4.69) is 22.0 Å². The van der Waals surface area contributed by atoms with Crippen molar-refractivity contribution in [3.63, 3.8) is 0 Å². The maximum Gasteiger partial charge on any atom is 0.260 e. The van der Waals surface area contributed by atoms with E-state index in [-0.39, 0.29) is 5.03 Å². The van der Waals surface area contributed by atoms with E-state index in [1.807, 2.05) is 11.8 Å². The first kappa shape index (κ1) is 14.8. The summed E-state index contributed by atoms with van der Waals surface area (Å²) in [7, 11) is -3.38. The molecule has 0 aromatic carbocycles. The molecule has 1 aromatic heterocycles. The van der Waals surface area contributed by atoms with E-state index in [4.69, 9.17) is 0 Å². The van der Waals surface area contributed by atoms with Gasteiger partial charge < -0.3 is 0 Å². The quantitative estimate of drug-likeness (QED) is 0.774. The van der Waals surface area contributed by atoms with Gasteiger partial charge in [0.15, 0.2) is 5.03 Å². The third kappa shape index (κ3) is 3.71. The van der Waals surface area contributed by atoms with Crippen LogP contribution in [0.25, 0.3) is 0 Å². The Morgan fingerprint density at radius 3 is 2.68 bits per heavy atom. The van der Waals surface area contributed by atoms with Gasteiger partial charge in [0, 0.05) is 38.5 Å². The summed E-state index contributed by atoms with van der Waals surface area (Å²) in [5.41, 5.74) is 0. The monoisotopic (exact) mass is 304 g/mol. The van der Waals surface area contributed by atoms with Crippen molar-refractivity contribution in [3.05, 3.63) is 12.3 Å². The third-order valence-corrected chi connectivity index (χ3v) is 5.89. The standard InChI is InChI=1S/C11H20N4O2S2/c1-2-18-10-9-14-5-7-15(8-6-14)19(16,17)11-3-4-12-13-11/h3-4H,2,5-10H2,1H3,(H,12,13). The molecular formula is C11H20N4O2S2. The number of hydrogen-bond donors (Lipinski definition) is 1. The maximum absolute atomic E-state index is 12.2. The lowest BCUT2D eigenvalue weighted by molar-refractivity contribution is 0.197. The Bertz CT molecular complexity index is 467. The Hall–Kier alpha value is -0.570. The molecule has 0 radical (unpaired) electrons. The summed E-state index contributed by atoms with van der Waals surface area (Å²) >= 11 is 1.92. The van der Waals surface area contributed by atoms with Crippen molar-refractivity contribution in [2.24, 2.45) is 0 Å². The van der Waals surface area contributed by atoms with Crippen LogP contribution >= 0.6 is 11.8 Å². The Morgan fingerprint density at radius 1 is 1.37 bits per heavy atom. The number of sulfonamides is 1. The van der Waals surface area contributed by atoms with Crippen molar-refractivity contribution in [3.8, 4) is 0 Å². The molecule has 0 amide bonds. The molecule has 0 atom stereocenters. The summed E-state index contributed by atoms with van der Waals surface area (Å²) in [6.45, 7) is 5.90. The molecule has 108 valence electrons. The number of nitrogens with zero attached hydrogens (tertiary/aromatic N) is 3. The summed E-state index contributed by atoms with van der Waals surface area (Å²) in [5.74, 6) is 2.25. The average molecular weight is 304 g/mol. The second-order valence-electron chi connectivity index (χ2n) is 4.36. The second kappa shape index (κ2) is 6.74. The van der Waals surface area contributed by atoms with Crippen molar-refractivity contribution in [2.75, 3.05) is 44.2 Å². The van der Waals surface area contributed by atoms with E-state index in [0.717, 1.165) is 31.1 Å². The normalized spacial score (nSPS) is 18.8. The third-order valence-electron chi connectivity index (χ3n) is 3.18. The predicted molar refractivity (Wildman–Crippen MR) is 76.8 cm³/mol. The van der Waals surface area contributed by atoms with E-state index < -0.39 is 10.0 Å². The maximum atomic E-state index is 12.2. The molecule has 1 aliphatic heterocycles. The van der Waals surface area contributed by atoms with Crippen molar-refractivity contribution in [2.45, 2.75) is 11.9 Å². The van der Waals surface area contributed by atoms with Crippen molar-refractivity contribution in [1.82, 2.24) is 19.4 Å². The van der Waals surface area contributed by atoms with E-state index in [1.54, 1.807) is 0 Å². The molecule has 1 fully saturated rings. The van der Waals surface area contributed by atoms with Crippen LogP contribution in [-0.2, 0) is 10.0 Å². The predicted octanol–water partition coefficient (Wildman–Crippen LogP) is 0.469. The summed E-state index contributed by atoms with van der Waals surface area (Å²) in [6, 6.07) is 1.50. The highest BCUT2D eigenvalue weighted by Crippen LogP contribution is 2.15. The van der Waals surface area contributed by atoms with Crippen LogP contribution in [0.3, 0.4) is 0 Å². The summed E-state index contributed by atoms with van der Waals surface area (Å²) in [4.78, 5) is 2.32. The number of piperazine rings is 1. The van der Waals surface area contributed by atoms with Gasteiger partial charge in [0.25, 0.3) is 10.0 Å². The SMILES string of the molecule is CCSCCN1CCN(S(=O)(=O)c2ccn[nH]2)CC1. The lowest BCUT2D eigenvalue weighted by Crippen LogP contribution is -2.49. The van der Waals surface area contributed by atoms with Gasteiger partial charge in [-0.15, -0.1) is 0 Å². The highest BCUT2D eigenvalue weighted by molar-refractivity contribution is 7.99. The minimum Gasteiger partial charge on any atom is -0.300 e. The van der Waals surface area contributed by atoms with Crippen LogP contribution in [-0.4, -0.2) is 72.0 Å². The molecular weight excluding hydrogens is 284 g/mol. The lowest BCUT2D eigenvalue weighted by Gasteiger charge is -2.33. The first-order chi connectivity index (χ1) is 9.14. The Balaban J connectivity index is 1.86. The molecule has 2 rings (SSSR count). The Morgan fingerprint density at radius 2 is 2.11 bits per heavy atom. The molecule has 1 aromatic rings. The average Bonchev–Trinajstić information content (AvgIpc) is 2.94. The lowest BCUT2D eigenvalue weighted by atomic mass is 10.4. The van der Waals surface area contributed by atoms with Gasteiger partial charge >= 0.3 is 0 Å². The number of aromatic amines is 1. The number of H-pyrrole nitrogens is 1. The highest BCUT2D eigenvalue weighted by atomic mass is 32.2. The Labute approximate surface area is 118 Å². The smallest absolute Gasteiger partial charge is 0.260 e. The van der Waals surface area contributed by atoms with Gasteiger partial charge in [-0.1, -0.05) is 6.92 Å². The molecule has 0 aliphatic carbocycles. The number of thioether (sulfide) groups is 1. The van der Waals surface area contributed by atoms with Crippen LogP contribution in [0.5, 0.6) is 0 Å². The van der Waals surface area contributed by atoms with Gasteiger partial charge in [-0.05, 0) is 11.8 Å². The molecule has 0 saturated carbocycles. The zero-order chi connectivity index (χ0) is 13.7. The number of nitrogens with one attached hydrogen (secondary N) is 1. The molecule has 6 nitrogen and oxygen atoms in total. The minimum absolute atomic E-state index is 0.183. The number of hydrogen-bond acceptors (Lipinski definition) is 5. The summed E-state index contributed by atoms with van der Waals surface area (Å²) < 4.78 is 26.0. The fourth-order valence-electron chi connectivity index (χ4n) is 2.06. The molecule has 19 heavy (non-hydrogen) atoms. The van der Waals surface area contributed by atoms with Gasteiger partial charge in [0.1, 0.15) is 0 Å². The number of rotatable bonds is 6. The molecule has 0 bridgehead atoms. The van der Waals surface area contributed by atoms with Crippen molar-refractivity contribution < 1.29 is 8.42 Å². The molecule has 0 spiro atoms. The van der Waals surface area contributed by atoms with E-state index in [0.29, 0.717) is 13.1 Å². The summed E-state index contributed by atoms with van der Waals surface area (Å²) in [5, 5.41) is 6.42. The van der Waals surface area contributed by atoms with Crippen LogP contribution in [0.4, 0.5) is 0 Å². The molecule has 8 heteroatoms. The van der Waals surface area contributed by atoms with Crippen LogP contribution in [0.15, 0.2) is 17.3 Å². The van der Waals surface area contributed by atoms with Gasteiger partial charge in [0.05, 0.1) is 6.20 Å². The largest absolute Gasteiger partial charge is 0.300 e. The fraction of sp³-hybridized carbons (Fsp3) is 0.727. The molecule has 2 heterocycles. The van der Waals surface area contributed by atoms with Crippen LogP contribution < -0.4 is 0 Å². The van der Waals surface area contributed by atoms with Gasteiger partial charge in [0.2, 0.25) is 0 Å². The molecule has 1 saturated heterocycles. The first-order valence-corrected chi connectivity index (χ1v) is 9.03. The van der Waals surface area contributed by atoms with Crippen molar-refractivity contribution >= 4 is 21.8 Å². The molecule has 1 aliphatic rings. The molecule has 1 N–H and O–H groups in total. The first-order valence-electron chi connectivity index (χ1n) is 6.44. The second-order valence-corrected chi connectivity index (χ2v) is 7.66. The minimum atomic E-state index is -3.38. The zero-order valence-electron chi connectivity index (χ0n) is 11.1. The fourth-order valence-corrected chi connectivity index (χ4v) is 4.06. The molecule has 0 unspecified atom stereocenters. The van der Waals surface area contributed by atoms with Crippen LogP contribution in [0, 0.1) is 0 Å². The van der Waals surface area contributed by atoms with Crippen LogP contribution in [0.2, 0.25) is 0 Å². The van der Waals surface area contributed by atoms with Crippen LogP contribution in [0.1, 0.15) is 6.92 Å². The topological polar surface area (TPSA) is 69.3 Å². The number of aromatic nitrogens is 2.